The molecule has 8 heteroatoms. The van der Waals surface area contributed by atoms with Crippen molar-refractivity contribution >= 4 is 10.0 Å². The molecule has 0 spiro atoms. The lowest BCUT2D eigenvalue weighted by Gasteiger charge is -2.36. The fourth-order valence-corrected chi connectivity index (χ4v) is 5.30. The Bertz CT molecular complexity index is 816. The SMILES string of the molecule is Cc1noc(C)c1S(=O)(=O)N1CCC[C@@H](N(C)CCc2ccccn2)C1. The normalized spacial score (nSPS) is 19.2. The second-order valence-electron chi connectivity index (χ2n) is 6.86. The van der Waals surface area contributed by atoms with Crippen molar-refractivity contribution in [3.8, 4) is 0 Å². The molecule has 2 aromatic rings. The molecule has 2 aromatic heterocycles. The maximum Gasteiger partial charge on any atom is 0.248 e. The molecule has 0 aliphatic carbocycles. The summed E-state index contributed by atoms with van der Waals surface area (Å²) >= 11 is 0. The lowest BCUT2D eigenvalue weighted by molar-refractivity contribution is 0.164. The lowest BCUT2D eigenvalue weighted by atomic mass is 10.1. The van der Waals surface area contributed by atoms with E-state index in [4.69, 9.17) is 4.52 Å². The Kier molecular flexibility index (Phi) is 5.74. The quantitative estimate of drug-likeness (QED) is 0.765. The summed E-state index contributed by atoms with van der Waals surface area (Å²) in [6, 6.07) is 6.11. The second kappa shape index (κ2) is 7.85. The number of pyridine rings is 1. The number of piperidine rings is 1. The smallest absolute Gasteiger partial charge is 0.248 e. The van der Waals surface area contributed by atoms with Gasteiger partial charge < -0.3 is 9.42 Å². The first-order chi connectivity index (χ1) is 12.4. The molecule has 1 saturated heterocycles. The molecule has 0 saturated carbocycles. The summed E-state index contributed by atoms with van der Waals surface area (Å²) in [5, 5.41) is 3.80. The van der Waals surface area contributed by atoms with E-state index in [0.29, 0.717) is 24.5 Å². The van der Waals surface area contributed by atoms with Gasteiger partial charge in [0, 0.05) is 44.0 Å². The summed E-state index contributed by atoms with van der Waals surface area (Å²) in [6.07, 6.45) is 4.49. The predicted octanol–water partition coefficient (Wildman–Crippen LogP) is 2.01. The van der Waals surface area contributed by atoms with Crippen LogP contribution in [0.3, 0.4) is 0 Å². The Balaban J connectivity index is 1.67. The van der Waals surface area contributed by atoms with Crippen molar-refractivity contribution in [1.82, 2.24) is 19.3 Å². The van der Waals surface area contributed by atoms with Gasteiger partial charge in [-0.2, -0.15) is 4.31 Å². The Morgan fingerprint density at radius 2 is 2.15 bits per heavy atom. The minimum absolute atomic E-state index is 0.197. The number of aromatic nitrogens is 2. The van der Waals surface area contributed by atoms with E-state index in [9.17, 15) is 8.42 Å². The second-order valence-corrected chi connectivity index (χ2v) is 8.74. The van der Waals surface area contributed by atoms with Crippen LogP contribution in [0.25, 0.3) is 0 Å². The molecule has 0 radical (unpaired) electrons. The Hall–Kier alpha value is -1.77. The van der Waals surface area contributed by atoms with Crippen LogP contribution in [0, 0.1) is 13.8 Å². The molecule has 0 amide bonds. The fraction of sp³-hybridized carbons (Fsp3) is 0.556. The van der Waals surface area contributed by atoms with Crippen LogP contribution in [0.4, 0.5) is 0 Å². The van der Waals surface area contributed by atoms with Gasteiger partial charge in [-0.05, 0) is 45.9 Å². The molecule has 7 nitrogen and oxygen atoms in total. The molecule has 0 aromatic carbocycles. The van der Waals surface area contributed by atoms with Crippen molar-refractivity contribution in [2.75, 3.05) is 26.7 Å². The van der Waals surface area contributed by atoms with E-state index in [2.05, 4.69) is 22.1 Å². The average Bonchev–Trinajstić information content (AvgIpc) is 2.99. The highest BCUT2D eigenvalue weighted by Gasteiger charge is 2.35. The Morgan fingerprint density at radius 1 is 1.35 bits per heavy atom. The first-order valence-corrected chi connectivity index (χ1v) is 10.4. The van der Waals surface area contributed by atoms with Crippen LogP contribution in [-0.4, -0.2) is 60.5 Å². The molecule has 0 unspecified atom stereocenters. The largest absolute Gasteiger partial charge is 0.360 e. The maximum atomic E-state index is 13.0. The molecule has 1 aliphatic rings. The van der Waals surface area contributed by atoms with Gasteiger partial charge in [-0.15, -0.1) is 0 Å². The topological polar surface area (TPSA) is 79.5 Å². The van der Waals surface area contributed by atoms with Crippen LogP contribution in [0.2, 0.25) is 0 Å². The third-order valence-corrected chi connectivity index (χ3v) is 7.11. The molecule has 0 bridgehead atoms. The van der Waals surface area contributed by atoms with Crippen LogP contribution >= 0.6 is 0 Å². The van der Waals surface area contributed by atoms with E-state index in [0.717, 1.165) is 31.5 Å². The average molecular weight is 378 g/mol. The zero-order valence-corrected chi connectivity index (χ0v) is 16.4. The zero-order valence-electron chi connectivity index (χ0n) is 15.6. The summed E-state index contributed by atoms with van der Waals surface area (Å²) in [5.41, 5.74) is 1.48. The van der Waals surface area contributed by atoms with Gasteiger partial charge in [0.25, 0.3) is 0 Å². The van der Waals surface area contributed by atoms with E-state index < -0.39 is 10.0 Å². The summed E-state index contributed by atoms with van der Waals surface area (Å²) < 4.78 is 32.7. The van der Waals surface area contributed by atoms with Crippen molar-refractivity contribution in [1.29, 1.82) is 0 Å². The van der Waals surface area contributed by atoms with Gasteiger partial charge in [0.15, 0.2) is 5.76 Å². The summed E-state index contributed by atoms with van der Waals surface area (Å²) in [7, 11) is -1.52. The van der Waals surface area contributed by atoms with Crippen molar-refractivity contribution in [2.24, 2.45) is 0 Å². The summed E-state index contributed by atoms with van der Waals surface area (Å²) in [6.45, 7) is 5.19. The predicted molar refractivity (Wildman–Crippen MR) is 98.3 cm³/mol. The standard InChI is InChI=1S/C18H26N4O3S/c1-14-18(15(2)25-20-14)26(23,24)22-11-6-8-17(13-22)21(3)12-9-16-7-4-5-10-19-16/h4-5,7,10,17H,6,8-9,11-13H2,1-3H3/t17-/m1/s1. The van der Waals surface area contributed by atoms with Crippen LogP contribution < -0.4 is 0 Å². The molecule has 26 heavy (non-hydrogen) atoms. The van der Waals surface area contributed by atoms with Gasteiger partial charge in [-0.1, -0.05) is 11.2 Å². The molecule has 142 valence electrons. The van der Waals surface area contributed by atoms with E-state index in [1.54, 1.807) is 24.3 Å². The van der Waals surface area contributed by atoms with Gasteiger partial charge in [0.1, 0.15) is 10.6 Å². The fourth-order valence-electron chi connectivity index (χ4n) is 3.49. The number of likely N-dealkylation sites (N-methyl/N-ethyl adjacent to an activating group) is 1. The third-order valence-electron chi connectivity index (χ3n) is 5.00. The molecular weight excluding hydrogens is 352 g/mol. The number of hydrogen-bond acceptors (Lipinski definition) is 6. The molecule has 1 atom stereocenters. The van der Waals surface area contributed by atoms with Gasteiger partial charge in [0.2, 0.25) is 10.0 Å². The Labute approximate surface area is 155 Å². The van der Waals surface area contributed by atoms with Gasteiger partial charge in [0.05, 0.1) is 0 Å². The monoisotopic (exact) mass is 378 g/mol. The van der Waals surface area contributed by atoms with Crippen LogP contribution in [0.1, 0.15) is 30.0 Å². The Morgan fingerprint density at radius 3 is 2.81 bits per heavy atom. The van der Waals surface area contributed by atoms with Crippen molar-refractivity contribution in [2.45, 2.75) is 44.0 Å². The highest BCUT2D eigenvalue weighted by Crippen LogP contribution is 2.27. The van der Waals surface area contributed by atoms with Gasteiger partial charge >= 0.3 is 0 Å². The minimum atomic E-state index is -3.58. The van der Waals surface area contributed by atoms with E-state index in [1.807, 2.05) is 18.2 Å². The summed E-state index contributed by atoms with van der Waals surface area (Å²) in [5.74, 6) is 0.355. The molecule has 1 fully saturated rings. The van der Waals surface area contributed by atoms with E-state index in [-0.39, 0.29) is 10.9 Å². The van der Waals surface area contributed by atoms with Crippen LogP contribution in [0.5, 0.6) is 0 Å². The maximum absolute atomic E-state index is 13.0. The molecule has 0 N–H and O–H groups in total. The molecular formula is C18H26N4O3S. The first-order valence-electron chi connectivity index (χ1n) is 8.92. The van der Waals surface area contributed by atoms with Crippen molar-refractivity contribution in [3.63, 3.8) is 0 Å². The minimum Gasteiger partial charge on any atom is -0.360 e. The number of aryl methyl sites for hydroxylation is 2. The van der Waals surface area contributed by atoms with E-state index >= 15 is 0 Å². The van der Waals surface area contributed by atoms with Crippen molar-refractivity contribution < 1.29 is 12.9 Å². The van der Waals surface area contributed by atoms with Crippen LogP contribution in [0.15, 0.2) is 33.8 Å². The number of sulfonamides is 1. The number of hydrogen-bond donors (Lipinski definition) is 0. The van der Waals surface area contributed by atoms with Gasteiger partial charge in [-0.3, -0.25) is 4.98 Å². The number of rotatable bonds is 6. The highest BCUT2D eigenvalue weighted by molar-refractivity contribution is 7.89. The van der Waals surface area contributed by atoms with Crippen molar-refractivity contribution in [3.05, 3.63) is 41.5 Å². The zero-order chi connectivity index (χ0) is 18.7. The first kappa shape index (κ1) is 19.0. The number of nitrogens with zero attached hydrogens (tertiary/aromatic N) is 4. The van der Waals surface area contributed by atoms with E-state index in [1.165, 1.54) is 0 Å². The molecule has 1 aliphatic heterocycles. The third kappa shape index (κ3) is 3.97. The van der Waals surface area contributed by atoms with Gasteiger partial charge in [-0.25, -0.2) is 8.42 Å². The molecule has 3 heterocycles. The highest BCUT2D eigenvalue weighted by atomic mass is 32.2. The molecule has 3 rings (SSSR count). The van der Waals surface area contributed by atoms with Crippen LogP contribution in [-0.2, 0) is 16.4 Å². The lowest BCUT2D eigenvalue weighted by Crippen LogP contribution is -2.49. The summed E-state index contributed by atoms with van der Waals surface area (Å²) in [4.78, 5) is 6.81.